The summed E-state index contributed by atoms with van der Waals surface area (Å²) in [6.45, 7) is 3.44. The molecule has 0 saturated carbocycles. The zero-order valence-corrected chi connectivity index (χ0v) is 36.6. The average molecular weight is 813 g/mol. The lowest BCUT2D eigenvalue weighted by molar-refractivity contribution is -0.305. The monoisotopic (exact) mass is 813 g/mol. The maximum atomic E-state index is 12.8. The van der Waals surface area contributed by atoms with E-state index >= 15 is 0 Å². The summed E-state index contributed by atoms with van der Waals surface area (Å²) < 4.78 is 22.2. The third kappa shape index (κ3) is 30.2. The molecule has 0 amide bonds. The fraction of sp³-hybridized carbons (Fsp3) is 0.915. The molecular formula is C47H88O10. The molecule has 1 fully saturated rings. The zero-order valence-electron chi connectivity index (χ0n) is 36.6. The fourth-order valence-electron chi connectivity index (χ4n) is 7.36. The molecule has 0 spiro atoms. The Kier molecular flexibility index (Phi) is 36.2. The molecule has 2 unspecified atom stereocenters. The van der Waals surface area contributed by atoms with Crippen LogP contribution in [-0.4, -0.2) is 89.0 Å². The highest BCUT2D eigenvalue weighted by Gasteiger charge is 2.44. The van der Waals surface area contributed by atoms with Crippen molar-refractivity contribution in [2.75, 3.05) is 19.8 Å². The van der Waals surface area contributed by atoms with Gasteiger partial charge >= 0.3 is 11.9 Å². The highest BCUT2D eigenvalue weighted by atomic mass is 16.7. The van der Waals surface area contributed by atoms with Gasteiger partial charge in [-0.05, 0) is 38.5 Å². The Hall–Kier alpha value is -1.56. The van der Waals surface area contributed by atoms with E-state index < -0.39 is 49.4 Å². The first-order valence-corrected chi connectivity index (χ1v) is 23.8. The van der Waals surface area contributed by atoms with Crippen molar-refractivity contribution in [2.24, 2.45) is 0 Å². The molecule has 0 aliphatic carbocycles. The van der Waals surface area contributed by atoms with Crippen LogP contribution in [0.5, 0.6) is 0 Å². The fourth-order valence-corrected chi connectivity index (χ4v) is 7.36. The van der Waals surface area contributed by atoms with Crippen LogP contribution in [0.15, 0.2) is 12.2 Å². The second-order valence-electron chi connectivity index (χ2n) is 16.6. The third-order valence-corrected chi connectivity index (χ3v) is 11.2. The van der Waals surface area contributed by atoms with E-state index in [1.165, 1.54) is 135 Å². The molecule has 0 aromatic carbocycles. The largest absolute Gasteiger partial charge is 0.462 e. The quantitative estimate of drug-likeness (QED) is 0.0267. The molecule has 1 aliphatic heterocycles. The molecule has 1 rings (SSSR count). The number of allylic oxidation sites excluding steroid dienone is 2. The van der Waals surface area contributed by atoms with E-state index in [0.29, 0.717) is 6.42 Å². The molecule has 0 bridgehead atoms. The Balaban J connectivity index is 2.29. The maximum Gasteiger partial charge on any atom is 0.306 e. The number of aliphatic hydroxyl groups excluding tert-OH is 4. The second kappa shape index (κ2) is 38.6. The van der Waals surface area contributed by atoms with E-state index in [0.717, 1.165) is 51.4 Å². The number of ether oxygens (including phenoxy) is 4. The van der Waals surface area contributed by atoms with E-state index in [1.807, 2.05) is 0 Å². The predicted molar refractivity (Wildman–Crippen MR) is 229 cm³/mol. The Morgan fingerprint density at radius 1 is 0.526 bits per heavy atom. The first-order chi connectivity index (χ1) is 27.8. The summed E-state index contributed by atoms with van der Waals surface area (Å²) in [6.07, 6.45) is 33.5. The topological polar surface area (TPSA) is 152 Å². The highest BCUT2D eigenvalue weighted by Crippen LogP contribution is 2.23. The summed E-state index contributed by atoms with van der Waals surface area (Å²) in [5.74, 6) is -0.800. The smallest absolute Gasteiger partial charge is 0.306 e. The van der Waals surface area contributed by atoms with Gasteiger partial charge in [0, 0.05) is 12.8 Å². The van der Waals surface area contributed by atoms with Crippen LogP contribution in [0.2, 0.25) is 0 Å². The van der Waals surface area contributed by atoms with E-state index in [2.05, 4.69) is 26.0 Å². The third-order valence-electron chi connectivity index (χ3n) is 11.2. The van der Waals surface area contributed by atoms with Gasteiger partial charge in [0.1, 0.15) is 31.0 Å². The van der Waals surface area contributed by atoms with Crippen LogP contribution >= 0.6 is 0 Å². The van der Waals surface area contributed by atoms with Crippen LogP contribution in [0, 0.1) is 0 Å². The van der Waals surface area contributed by atoms with Crippen molar-refractivity contribution in [1.82, 2.24) is 0 Å². The first-order valence-electron chi connectivity index (χ1n) is 23.8. The normalized spacial score (nSPS) is 20.3. The standard InChI is InChI=1S/C47H88O10/c1-3-5-7-9-11-13-15-17-19-20-22-23-25-27-29-31-33-35-42(49)54-38-40(39-55-47-46(53)45(52)44(51)41(37-48)57-47)56-43(50)36-34-32-30-28-26-24-21-18-16-14-12-10-8-6-4-2/h17,19,40-41,44-48,51-53H,3-16,18,20-39H2,1-2H3/b19-17+/t40-,41-,44+,45?,46?,47-/m0/s1. The summed E-state index contributed by atoms with van der Waals surface area (Å²) in [6, 6.07) is 0. The molecule has 10 heteroatoms. The summed E-state index contributed by atoms with van der Waals surface area (Å²) in [5.41, 5.74) is 0. The molecule has 6 atom stereocenters. The number of hydrogen-bond acceptors (Lipinski definition) is 10. The molecule has 0 aromatic rings. The van der Waals surface area contributed by atoms with Gasteiger partial charge in [-0.2, -0.15) is 0 Å². The zero-order chi connectivity index (χ0) is 41.6. The summed E-state index contributed by atoms with van der Waals surface area (Å²) in [7, 11) is 0. The molecular weight excluding hydrogens is 725 g/mol. The van der Waals surface area contributed by atoms with Gasteiger partial charge in [0.2, 0.25) is 0 Å². The number of rotatable bonds is 40. The van der Waals surface area contributed by atoms with Crippen molar-refractivity contribution in [2.45, 2.75) is 256 Å². The SMILES string of the molecule is CCCCCCCC/C=C/CCCCCCCCCC(=O)OC[C@@H](CO[C@H]1O[C@@H](CO)[C@@H](O)C(O)C1O)OC(=O)CCCCCCCCCCCCCCCCC. The highest BCUT2D eigenvalue weighted by molar-refractivity contribution is 5.70. The summed E-state index contributed by atoms with van der Waals surface area (Å²) >= 11 is 0. The van der Waals surface area contributed by atoms with Crippen LogP contribution in [0.25, 0.3) is 0 Å². The predicted octanol–water partition coefficient (Wildman–Crippen LogP) is 10.3. The Morgan fingerprint density at radius 3 is 1.37 bits per heavy atom. The van der Waals surface area contributed by atoms with Crippen molar-refractivity contribution in [1.29, 1.82) is 0 Å². The van der Waals surface area contributed by atoms with Gasteiger partial charge in [-0.1, -0.05) is 180 Å². The van der Waals surface area contributed by atoms with Gasteiger partial charge in [-0.3, -0.25) is 9.59 Å². The van der Waals surface area contributed by atoms with Crippen LogP contribution in [0.4, 0.5) is 0 Å². The van der Waals surface area contributed by atoms with Gasteiger partial charge < -0.3 is 39.4 Å². The minimum atomic E-state index is -1.59. The number of carbonyl (C=O) groups is 2. The number of esters is 2. The summed E-state index contributed by atoms with van der Waals surface area (Å²) in [5, 5.41) is 40.1. The van der Waals surface area contributed by atoms with Crippen molar-refractivity contribution in [3.8, 4) is 0 Å². The van der Waals surface area contributed by atoms with E-state index in [4.69, 9.17) is 18.9 Å². The van der Waals surface area contributed by atoms with Crippen molar-refractivity contribution in [3.63, 3.8) is 0 Å². The number of carbonyl (C=O) groups excluding carboxylic acids is 2. The Labute approximate surface area is 348 Å². The number of hydrogen-bond donors (Lipinski definition) is 4. The minimum absolute atomic E-state index is 0.214. The molecule has 0 radical (unpaired) electrons. The van der Waals surface area contributed by atoms with Crippen LogP contribution < -0.4 is 0 Å². The molecule has 1 aliphatic rings. The molecule has 1 saturated heterocycles. The Morgan fingerprint density at radius 2 is 0.930 bits per heavy atom. The molecule has 336 valence electrons. The van der Waals surface area contributed by atoms with E-state index in [-0.39, 0.29) is 32.0 Å². The van der Waals surface area contributed by atoms with Gasteiger partial charge in [-0.15, -0.1) is 0 Å². The van der Waals surface area contributed by atoms with Crippen molar-refractivity contribution >= 4 is 11.9 Å². The van der Waals surface area contributed by atoms with E-state index in [9.17, 15) is 30.0 Å². The molecule has 57 heavy (non-hydrogen) atoms. The molecule has 10 nitrogen and oxygen atoms in total. The molecule has 1 heterocycles. The lowest BCUT2D eigenvalue weighted by Crippen LogP contribution is -2.59. The lowest BCUT2D eigenvalue weighted by Gasteiger charge is -2.39. The van der Waals surface area contributed by atoms with E-state index in [1.54, 1.807) is 0 Å². The average Bonchev–Trinajstić information content (AvgIpc) is 3.21. The van der Waals surface area contributed by atoms with Crippen LogP contribution in [0.1, 0.15) is 219 Å². The lowest BCUT2D eigenvalue weighted by atomic mass is 9.99. The first kappa shape index (κ1) is 53.5. The Bertz CT molecular complexity index is 943. The van der Waals surface area contributed by atoms with Crippen molar-refractivity contribution in [3.05, 3.63) is 12.2 Å². The van der Waals surface area contributed by atoms with Gasteiger partial charge in [0.25, 0.3) is 0 Å². The van der Waals surface area contributed by atoms with Crippen LogP contribution in [0.3, 0.4) is 0 Å². The number of unbranched alkanes of at least 4 members (excludes halogenated alkanes) is 27. The summed E-state index contributed by atoms with van der Waals surface area (Å²) in [4.78, 5) is 25.4. The molecule has 4 N–H and O–H groups in total. The van der Waals surface area contributed by atoms with Crippen LogP contribution in [-0.2, 0) is 28.5 Å². The maximum absolute atomic E-state index is 12.8. The number of aliphatic hydroxyl groups is 4. The van der Waals surface area contributed by atoms with Gasteiger partial charge in [0.15, 0.2) is 12.4 Å². The minimum Gasteiger partial charge on any atom is -0.462 e. The van der Waals surface area contributed by atoms with Crippen molar-refractivity contribution < 1.29 is 49.0 Å². The van der Waals surface area contributed by atoms with Gasteiger partial charge in [0.05, 0.1) is 13.2 Å². The van der Waals surface area contributed by atoms with Gasteiger partial charge in [-0.25, -0.2) is 0 Å². The molecule has 0 aromatic heterocycles. The second-order valence-corrected chi connectivity index (χ2v) is 16.6.